The van der Waals surface area contributed by atoms with Crippen LogP contribution >= 0.6 is 0 Å². The van der Waals surface area contributed by atoms with Crippen LogP contribution in [0.4, 0.5) is 4.79 Å². The average Bonchev–Trinajstić information content (AvgIpc) is 2.60. The summed E-state index contributed by atoms with van der Waals surface area (Å²) >= 11 is 0. The molecule has 2 heterocycles. The molecule has 2 aromatic heterocycles. The summed E-state index contributed by atoms with van der Waals surface area (Å²) in [5.41, 5.74) is 1.14. The number of rotatable bonds is 0. The van der Waals surface area contributed by atoms with Gasteiger partial charge in [0.1, 0.15) is 18.2 Å². The van der Waals surface area contributed by atoms with Gasteiger partial charge in [-0.15, -0.1) is 0 Å². The Kier molecular flexibility index (Phi) is 1.88. The van der Waals surface area contributed by atoms with Crippen molar-refractivity contribution in [3.8, 4) is 0 Å². The van der Waals surface area contributed by atoms with Gasteiger partial charge in [-0.05, 0) is 0 Å². The molecule has 6 nitrogen and oxygen atoms in total. The second-order valence-corrected chi connectivity index (χ2v) is 3.02. The number of imidazole rings is 1. The third-order valence-electron chi connectivity index (χ3n) is 1.80. The van der Waals surface area contributed by atoms with E-state index in [1.54, 1.807) is 20.3 Å². The molecule has 0 aliphatic carbocycles. The van der Waals surface area contributed by atoms with Gasteiger partial charge in [0.2, 0.25) is 0 Å². The first-order chi connectivity index (χ1) is 6.70. The first kappa shape index (κ1) is 8.61. The second kappa shape index (κ2) is 3.06. The van der Waals surface area contributed by atoms with Crippen molar-refractivity contribution in [1.29, 1.82) is 0 Å². The molecule has 0 saturated heterocycles. The molecule has 72 valence electrons. The molecular weight excluding hydrogens is 182 g/mol. The zero-order valence-electron chi connectivity index (χ0n) is 7.88. The third kappa shape index (κ3) is 1.20. The highest BCUT2D eigenvalue weighted by atomic mass is 16.2. The molecule has 0 aliphatic rings. The zero-order valence-corrected chi connectivity index (χ0v) is 7.88. The van der Waals surface area contributed by atoms with E-state index < -0.39 is 0 Å². The van der Waals surface area contributed by atoms with Crippen molar-refractivity contribution in [2.45, 2.75) is 0 Å². The average molecular weight is 191 g/mol. The molecule has 14 heavy (non-hydrogen) atoms. The van der Waals surface area contributed by atoms with Crippen LogP contribution in [0.5, 0.6) is 0 Å². The molecule has 0 spiro atoms. The van der Waals surface area contributed by atoms with E-state index in [4.69, 9.17) is 0 Å². The fraction of sp³-hybridized carbons (Fsp3) is 0.250. The maximum Gasteiger partial charge on any atom is 0.330 e. The molecule has 0 aromatic carbocycles. The molecule has 2 aromatic rings. The smallest absolute Gasteiger partial charge is 0.330 e. The van der Waals surface area contributed by atoms with E-state index >= 15 is 0 Å². The Morgan fingerprint density at radius 3 is 2.93 bits per heavy atom. The number of hydrogen-bond donors (Lipinski definition) is 0. The fourth-order valence-electron chi connectivity index (χ4n) is 1.12. The summed E-state index contributed by atoms with van der Waals surface area (Å²) in [5, 5.41) is 0. The summed E-state index contributed by atoms with van der Waals surface area (Å²) in [6.07, 6.45) is 4.41. The molecular formula is C8H9N5O. The van der Waals surface area contributed by atoms with Crippen molar-refractivity contribution in [3.05, 3.63) is 18.9 Å². The number of aromatic nitrogens is 4. The lowest BCUT2D eigenvalue weighted by atomic mass is 10.5. The van der Waals surface area contributed by atoms with E-state index in [1.807, 2.05) is 0 Å². The maximum absolute atomic E-state index is 11.6. The lowest BCUT2D eigenvalue weighted by molar-refractivity contribution is 0.220. The first-order valence-electron chi connectivity index (χ1n) is 4.05. The number of nitrogens with zero attached hydrogens (tertiary/aromatic N) is 5. The summed E-state index contributed by atoms with van der Waals surface area (Å²) in [5.74, 6) is 0. The summed E-state index contributed by atoms with van der Waals surface area (Å²) in [7, 11) is 3.35. The van der Waals surface area contributed by atoms with Gasteiger partial charge >= 0.3 is 6.03 Å². The van der Waals surface area contributed by atoms with Gasteiger partial charge in [0.05, 0.1) is 6.20 Å². The zero-order chi connectivity index (χ0) is 10.1. The normalized spacial score (nSPS) is 10.4. The SMILES string of the molecule is CN(C)C(=O)n1cnc2cncnc21. The first-order valence-corrected chi connectivity index (χ1v) is 4.05. The van der Waals surface area contributed by atoms with Crippen LogP contribution in [0.15, 0.2) is 18.9 Å². The van der Waals surface area contributed by atoms with E-state index in [9.17, 15) is 4.79 Å². The molecule has 0 bridgehead atoms. The molecule has 0 saturated carbocycles. The number of fused-ring (bicyclic) bond motifs is 1. The van der Waals surface area contributed by atoms with Crippen LogP contribution < -0.4 is 0 Å². The fourth-order valence-corrected chi connectivity index (χ4v) is 1.12. The van der Waals surface area contributed by atoms with Crippen LogP contribution in [0, 0.1) is 0 Å². The highest BCUT2D eigenvalue weighted by Crippen LogP contribution is 2.07. The summed E-state index contributed by atoms with van der Waals surface area (Å²) in [6, 6.07) is -0.175. The molecule has 6 heteroatoms. The maximum atomic E-state index is 11.6. The Morgan fingerprint density at radius 1 is 1.43 bits per heavy atom. The Hall–Kier alpha value is -1.98. The predicted octanol–water partition coefficient (Wildman–Crippen LogP) is 0.356. The van der Waals surface area contributed by atoms with Gasteiger partial charge in [-0.3, -0.25) is 0 Å². The number of hydrogen-bond acceptors (Lipinski definition) is 4. The largest absolute Gasteiger partial charge is 0.330 e. The molecule has 0 atom stereocenters. The minimum atomic E-state index is -0.175. The van der Waals surface area contributed by atoms with Crippen LogP contribution in [0.25, 0.3) is 11.2 Å². The quantitative estimate of drug-likeness (QED) is 0.603. The molecule has 0 fully saturated rings. The highest BCUT2D eigenvalue weighted by molar-refractivity contribution is 5.86. The minimum absolute atomic E-state index is 0.175. The van der Waals surface area contributed by atoms with Gasteiger partial charge in [-0.2, -0.15) is 0 Å². The van der Waals surface area contributed by atoms with Crippen LogP contribution in [0.3, 0.4) is 0 Å². The Morgan fingerprint density at radius 2 is 2.21 bits per heavy atom. The summed E-state index contributed by atoms with van der Waals surface area (Å²) in [4.78, 5) is 24.9. The number of carbonyl (C=O) groups excluding carboxylic acids is 1. The van der Waals surface area contributed by atoms with Gasteiger partial charge in [-0.1, -0.05) is 0 Å². The van der Waals surface area contributed by atoms with Crippen molar-refractivity contribution in [2.24, 2.45) is 0 Å². The van der Waals surface area contributed by atoms with E-state index in [0.717, 1.165) is 0 Å². The Balaban J connectivity index is 2.58. The topological polar surface area (TPSA) is 63.9 Å². The van der Waals surface area contributed by atoms with Crippen LogP contribution in [0.2, 0.25) is 0 Å². The van der Waals surface area contributed by atoms with Crippen LogP contribution in [-0.2, 0) is 0 Å². The van der Waals surface area contributed by atoms with Gasteiger partial charge in [0.25, 0.3) is 0 Å². The molecule has 1 amide bonds. The minimum Gasteiger partial charge on any atom is -0.330 e. The van der Waals surface area contributed by atoms with Gasteiger partial charge in [0.15, 0.2) is 5.65 Å². The Bertz CT molecular complexity index is 475. The second-order valence-electron chi connectivity index (χ2n) is 3.02. The van der Waals surface area contributed by atoms with Gasteiger partial charge in [0, 0.05) is 14.1 Å². The number of amides is 1. The van der Waals surface area contributed by atoms with Crippen molar-refractivity contribution in [1.82, 2.24) is 24.4 Å². The number of carbonyl (C=O) groups is 1. The van der Waals surface area contributed by atoms with Crippen LogP contribution in [0.1, 0.15) is 0 Å². The molecule has 0 radical (unpaired) electrons. The Labute approximate surface area is 80.2 Å². The molecule has 0 unspecified atom stereocenters. The van der Waals surface area contributed by atoms with Crippen molar-refractivity contribution >= 4 is 17.2 Å². The molecule has 0 aliphatic heterocycles. The summed E-state index contributed by atoms with van der Waals surface area (Å²) < 4.78 is 1.39. The van der Waals surface area contributed by atoms with E-state index in [0.29, 0.717) is 11.2 Å². The predicted molar refractivity (Wildman–Crippen MR) is 49.8 cm³/mol. The molecule has 2 rings (SSSR count). The van der Waals surface area contributed by atoms with Crippen molar-refractivity contribution < 1.29 is 4.79 Å². The van der Waals surface area contributed by atoms with E-state index in [-0.39, 0.29) is 6.03 Å². The summed E-state index contributed by atoms with van der Waals surface area (Å²) in [6.45, 7) is 0. The van der Waals surface area contributed by atoms with E-state index in [2.05, 4.69) is 15.0 Å². The van der Waals surface area contributed by atoms with Gasteiger partial charge < -0.3 is 4.90 Å². The van der Waals surface area contributed by atoms with Crippen molar-refractivity contribution in [2.75, 3.05) is 14.1 Å². The molecule has 0 N–H and O–H groups in total. The third-order valence-corrected chi connectivity index (χ3v) is 1.80. The highest BCUT2D eigenvalue weighted by Gasteiger charge is 2.11. The van der Waals surface area contributed by atoms with Crippen LogP contribution in [-0.4, -0.2) is 44.5 Å². The monoisotopic (exact) mass is 191 g/mol. The lowest BCUT2D eigenvalue weighted by Crippen LogP contribution is -2.26. The van der Waals surface area contributed by atoms with Gasteiger partial charge in [-0.25, -0.2) is 24.3 Å². The van der Waals surface area contributed by atoms with E-state index in [1.165, 1.54) is 22.1 Å². The lowest BCUT2D eigenvalue weighted by Gasteiger charge is -2.09. The standard InChI is InChI=1S/C8H9N5O/c1-12(2)8(14)13-5-11-6-3-9-4-10-7(6)13/h3-5H,1-2H3. The van der Waals surface area contributed by atoms with Crippen molar-refractivity contribution in [3.63, 3.8) is 0 Å².